The first-order valence-corrected chi connectivity index (χ1v) is 17.2. The number of amides is 1. The Balaban J connectivity index is 1.18. The monoisotopic (exact) mass is 631 g/mol. The maximum Gasteiger partial charge on any atom is 0.407 e. The second-order valence-corrected chi connectivity index (χ2v) is 14.8. The van der Waals surface area contributed by atoms with Crippen molar-refractivity contribution in [3.8, 4) is 0 Å². The number of nitrogens with one attached hydrogen (secondary N) is 1. The molecule has 4 saturated carbocycles. The first-order chi connectivity index (χ1) is 19.7. The molecule has 6 nitrogen and oxygen atoms in total. The molecule has 228 valence electrons. The summed E-state index contributed by atoms with van der Waals surface area (Å²) in [5, 5.41) is 15.4. The lowest BCUT2D eigenvalue weighted by Gasteiger charge is -2.62. The van der Waals surface area contributed by atoms with Crippen molar-refractivity contribution in [2.24, 2.45) is 46.3 Å². The fraction of sp³-hybridized carbons (Fsp3) is 0.765. The predicted molar refractivity (Wildman–Crippen MR) is 163 cm³/mol. The SMILES string of the molecule is C[C@H](CCC(=O)OCc1ccccc1)[C@H]1CC[C@H]2[C@@H]3CC[C@@H]4C[C@H](OC(=O)NCCBr)CC[C@]4(C)[C@H]3C[C@H](O)[C@]12C. The van der Waals surface area contributed by atoms with Gasteiger partial charge in [0.15, 0.2) is 0 Å². The van der Waals surface area contributed by atoms with Gasteiger partial charge in [0.25, 0.3) is 0 Å². The zero-order chi connectivity index (χ0) is 29.2. The van der Waals surface area contributed by atoms with Crippen LogP contribution in [0.25, 0.3) is 0 Å². The van der Waals surface area contributed by atoms with Gasteiger partial charge < -0.3 is 19.9 Å². The van der Waals surface area contributed by atoms with Crippen molar-refractivity contribution < 1.29 is 24.2 Å². The van der Waals surface area contributed by atoms with Crippen molar-refractivity contribution in [1.82, 2.24) is 5.32 Å². The summed E-state index contributed by atoms with van der Waals surface area (Å²) in [5.41, 5.74) is 1.12. The fourth-order valence-electron chi connectivity index (χ4n) is 9.95. The van der Waals surface area contributed by atoms with E-state index in [1.165, 1.54) is 19.3 Å². The van der Waals surface area contributed by atoms with Crippen LogP contribution in [0.2, 0.25) is 0 Å². The van der Waals surface area contributed by atoms with E-state index in [1.54, 1.807) is 0 Å². The van der Waals surface area contributed by atoms with Gasteiger partial charge in [-0.15, -0.1) is 0 Å². The van der Waals surface area contributed by atoms with Gasteiger partial charge in [0, 0.05) is 18.3 Å². The third-order valence-electron chi connectivity index (χ3n) is 12.2. The minimum Gasteiger partial charge on any atom is -0.461 e. The van der Waals surface area contributed by atoms with E-state index >= 15 is 0 Å². The molecule has 0 unspecified atom stereocenters. The molecule has 7 heteroatoms. The molecule has 0 aliphatic heterocycles. The number of esters is 1. The lowest BCUT2D eigenvalue weighted by molar-refractivity contribution is -0.175. The number of alkyl carbamates (subject to hydrolysis) is 1. The Kier molecular flexibility index (Phi) is 9.74. The standard InChI is InChI=1S/C34H50BrNO5/c1-22(9-14-31(38)40-21-23-7-5-4-6-8-23)27-12-13-28-26-11-10-24-19-25(41-32(39)36-18-17-35)15-16-33(24,2)29(26)20-30(37)34(27,28)3/h4-8,22,24-30,37H,9-21H2,1-3H3,(H,36,39)/t22-,24-,25-,26+,27-,28+,29+,30+,33+,34-/m1/s1. The number of aliphatic hydroxyl groups excluding tert-OH is 1. The molecular formula is C34H50BrNO5. The van der Waals surface area contributed by atoms with Gasteiger partial charge in [0.05, 0.1) is 6.10 Å². The highest BCUT2D eigenvalue weighted by atomic mass is 79.9. The molecule has 4 aliphatic carbocycles. The Morgan fingerprint density at radius 1 is 1.07 bits per heavy atom. The van der Waals surface area contributed by atoms with Gasteiger partial charge >= 0.3 is 12.1 Å². The Morgan fingerprint density at radius 3 is 2.61 bits per heavy atom. The van der Waals surface area contributed by atoms with Crippen molar-refractivity contribution in [3.05, 3.63) is 35.9 Å². The van der Waals surface area contributed by atoms with E-state index in [4.69, 9.17) is 9.47 Å². The average molecular weight is 633 g/mol. The summed E-state index contributed by atoms with van der Waals surface area (Å²) in [4.78, 5) is 24.7. The number of fused-ring (bicyclic) bond motifs is 5. The number of halogens is 1. The molecule has 10 atom stereocenters. The molecule has 41 heavy (non-hydrogen) atoms. The molecule has 0 saturated heterocycles. The molecule has 1 aromatic carbocycles. The van der Waals surface area contributed by atoms with E-state index < -0.39 is 0 Å². The summed E-state index contributed by atoms with van der Waals surface area (Å²) < 4.78 is 11.3. The maximum atomic E-state index is 12.5. The quantitative estimate of drug-likeness (QED) is 0.221. The lowest BCUT2D eigenvalue weighted by atomic mass is 9.43. The van der Waals surface area contributed by atoms with Gasteiger partial charge in [-0.05, 0) is 110 Å². The second-order valence-electron chi connectivity index (χ2n) is 14.0. The fourth-order valence-corrected chi connectivity index (χ4v) is 10.1. The number of rotatable bonds is 9. The number of hydrogen-bond acceptors (Lipinski definition) is 5. The van der Waals surface area contributed by atoms with Crippen LogP contribution < -0.4 is 5.32 Å². The summed E-state index contributed by atoms with van der Waals surface area (Å²) in [6, 6.07) is 9.84. The normalized spacial score (nSPS) is 38.6. The third-order valence-corrected chi connectivity index (χ3v) is 12.6. The van der Waals surface area contributed by atoms with E-state index in [1.807, 2.05) is 30.3 Å². The smallest absolute Gasteiger partial charge is 0.407 e. The highest BCUT2D eigenvalue weighted by Gasteiger charge is 2.63. The van der Waals surface area contributed by atoms with Gasteiger partial charge in [-0.3, -0.25) is 4.79 Å². The average Bonchev–Trinajstić information content (AvgIpc) is 3.33. The first-order valence-electron chi connectivity index (χ1n) is 16.0. The Bertz CT molecular complexity index is 1050. The van der Waals surface area contributed by atoms with Crippen LogP contribution >= 0.6 is 15.9 Å². The first kappa shape index (κ1) is 30.8. The van der Waals surface area contributed by atoms with Crippen LogP contribution in [0.4, 0.5) is 4.79 Å². The van der Waals surface area contributed by atoms with E-state index in [0.717, 1.165) is 49.4 Å². The maximum absolute atomic E-state index is 12.5. The summed E-state index contributed by atoms with van der Waals surface area (Å²) in [5.74, 6) is 2.93. The van der Waals surface area contributed by atoms with Gasteiger partial charge in [-0.2, -0.15) is 0 Å². The number of carbonyl (C=O) groups excluding carboxylic acids is 2. The molecule has 0 spiro atoms. The highest BCUT2D eigenvalue weighted by Crippen LogP contribution is 2.68. The summed E-state index contributed by atoms with van der Waals surface area (Å²) >= 11 is 3.34. The lowest BCUT2D eigenvalue weighted by Crippen LogP contribution is -2.59. The topological polar surface area (TPSA) is 84.9 Å². The molecule has 0 bridgehead atoms. The molecular weight excluding hydrogens is 582 g/mol. The van der Waals surface area contributed by atoms with Crippen LogP contribution in [0.5, 0.6) is 0 Å². The molecule has 2 N–H and O–H groups in total. The minimum atomic E-state index is -0.312. The van der Waals surface area contributed by atoms with Crippen LogP contribution in [0, 0.1) is 46.3 Å². The van der Waals surface area contributed by atoms with E-state index in [0.29, 0.717) is 55.1 Å². The number of alkyl halides is 1. The summed E-state index contributed by atoms with van der Waals surface area (Å²) in [6.45, 7) is 8.03. The van der Waals surface area contributed by atoms with Crippen LogP contribution in [0.3, 0.4) is 0 Å². The molecule has 1 amide bonds. The number of hydrogen-bond donors (Lipinski definition) is 2. The zero-order valence-electron chi connectivity index (χ0n) is 25.2. The van der Waals surface area contributed by atoms with Crippen LogP contribution in [0.15, 0.2) is 30.3 Å². The number of benzene rings is 1. The minimum absolute atomic E-state index is 0.00479. The predicted octanol–water partition coefficient (Wildman–Crippen LogP) is 7.27. The van der Waals surface area contributed by atoms with E-state index in [-0.39, 0.29) is 35.1 Å². The molecule has 0 radical (unpaired) electrons. The van der Waals surface area contributed by atoms with E-state index in [9.17, 15) is 14.7 Å². The van der Waals surface area contributed by atoms with Gasteiger partial charge in [0.2, 0.25) is 0 Å². The van der Waals surface area contributed by atoms with Gasteiger partial charge in [-0.25, -0.2) is 4.79 Å². The van der Waals surface area contributed by atoms with Crippen molar-refractivity contribution in [1.29, 1.82) is 0 Å². The molecule has 4 aliphatic rings. The Morgan fingerprint density at radius 2 is 1.85 bits per heavy atom. The molecule has 0 heterocycles. The second kappa shape index (κ2) is 13.0. The zero-order valence-corrected chi connectivity index (χ0v) is 26.7. The van der Waals surface area contributed by atoms with Crippen molar-refractivity contribution in [2.45, 2.75) is 104 Å². The van der Waals surface area contributed by atoms with Crippen LogP contribution in [-0.4, -0.2) is 41.3 Å². The molecule has 1 aromatic rings. The largest absolute Gasteiger partial charge is 0.461 e. The summed E-state index contributed by atoms with van der Waals surface area (Å²) in [7, 11) is 0. The Labute approximate surface area is 254 Å². The third kappa shape index (κ3) is 6.23. The van der Waals surface area contributed by atoms with Crippen molar-refractivity contribution in [2.75, 3.05) is 11.9 Å². The summed E-state index contributed by atoms with van der Waals surface area (Å²) in [6.07, 6.45) is 9.16. The number of carbonyl (C=O) groups is 2. The molecule has 5 rings (SSSR count). The molecule has 4 fully saturated rings. The highest BCUT2D eigenvalue weighted by molar-refractivity contribution is 9.09. The van der Waals surface area contributed by atoms with Crippen molar-refractivity contribution in [3.63, 3.8) is 0 Å². The Hall–Kier alpha value is -1.60. The van der Waals surface area contributed by atoms with Crippen LogP contribution in [0.1, 0.15) is 90.5 Å². The van der Waals surface area contributed by atoms with E-state index in [2.05, 4.69) is 42.0 Å². The molecule has 0 aromatic heterocycles. The number of ether oxygens (including phenoxy) is 2. The van der Waals surface area contributed by atoms with Gasteiger partial charge in [0.1, 0.15) is 12.7 Å². The van der Waals surface area contributed by atoms with Crippen molar-refractivity contribution >= 4 is 28.0 Å². The van der Waals surface area contributed by atoms with Crippen LogP contribution in [-0.2, 0) is 20.9 Å². The van der Waals surface area contributed by atoms with Gasteiger partial charge in [-0.1, -0.05) is 67.0 Å². The number of aliphatic hydroxyl groups is 1.